The fourth-order valence-electron chi connectivity index (χ4n) is 4.29. The summed E-state index contributed by atoms with van der Waals surface area (Å²) in [7, 11) is 0. The average molecular weight is 282 g/mol. The van der Waals surface area contributed by atoms with Gasteiger partial charge in [-0.05, 0) is 37.0 Å². The number of carboxylic acids is 1. The van der Waals surface area contributed by atoms with Crippen LogP contribution in [0.4, 0.5) is 0 Å². The number of likely N-dealkylation sites (tertiary alicyclic amines) is 1. The molecule has 0 radical (unpaired) electrons. The molecule has 3 unspecified atom stereocenters. The second-order valence-electron chi connectivity index (χ2n) is 7.75. The lowest BCUT2D eigenvalue weighted by molar-refractivity contribution is -0.141. The number of nitrogens with one attached hydrogen (secondary N) is 1. The molecule has 20 heavy (non-hydrogen) atoms. The largest absolute Gasteiger partial charge is 0.480 e. The van der Waals surface area contributed by atoms with Crippen LogP contribution >= 0.6 is 0 Å². The quantitative estimate of drug-likeness (QED) is 0.819. The maximum atomic E-state index is 12.0. The normalized spacial score (nSPS) is 33.7. The number of hydrogen-bond donors (Lipinski definition) is 2. The first-order chi connectivity index (χ1) is 9.10. The Morgan fingerprint density at radius 3 is 2.60 bits per heavy atom. The van der Waals surface area contributed by atoms with Crippen LogP contribution in [0.5, 0.6) is 0 Å². The van der Waals surface area contributed by atoms with Crippen molar-refractivity contribution >= 4 is 11.9 Å². The Morgan fingerprint density at radius 1 is 1.35 bits per heavy atom. The molecule has 114 valence electrons. The molecular formula is C15H26N2O3. The highest BCUT2D eigenvalue weighted by molar-refractivity contribution is 5.84. The van der Waals surface area contributed by atoms with Crippen molar-refractivity contribution < 1.29 is 14.7 Å². The highest BCUT2D eigenvalue weighted by Crippen LogP contribution is 2.52. The van der Waals surface area contributed by atoms with Crippen molar-refractivity contribution in [1.82, 2.24) is 10.2 Å². The van der Waals surface area contributed by atoms with Gasteiger partial charge in [0.2, 0.25) is 5.91 Å². The van der Waals surface area contributed by atoms with E-state index in [4.69, 9.17) is 5.11 Å². The topological polar surface area (TPSA) is 69.6 Å². The van der Waals surface area contributed by atoms with Crippen LogP contribution in [0, 0.1) is 10.8 Å². The van der Waals surface area contributed by atoms with Crippen molar-refractivity contribution in [3.05, 3.63) is 0 Å². The predicted octanol–water partition coefficient (Wildman–Crippen LogP) is 1.48. The van der Waals surface area contributed by atoms with Gasteiger partial charge in [0.15, 0.2) is 0 Å². The van der Waals surface area contributed by atoms with E-state index in [0.717, 1.165) is 19.4 Å². The minimum atomic E-state index is -0.994. The lowest BCUT2D eigenvalue weighted by Gasteiger charge is -2.39. The minimum absolute atomic E-state index is 0.186. The molecule has 0 spiro atoms. The Balaban J connectivity index is 1.95. The number of carboxylic acid groups (broad SMARTS) is 1. The highest BCUT2D eigenvalue weighted by atomic mass is 16.4. The molecule has 0 aromatic heterocycles. The van der Waals surface area contributed by atoms with Gasteiger partial charge in [-0.15, -0.1) is 0 Å². The van der Waals surface area contributed by atoms with E-state index < -0.39 is 12.0 Å². The first-order valence-corrected chi connectivity index (χ1v) is 7.37. The summed E-state index contributed by atoms with van der Waals surface area (Å²) in [4.78, 5) is 24.9. The molecule has 2 bridgehead atoms. The van der Waals surface area contributed by atoms with Gasteiger partial charge in [-0.3, -0.25) is 14.5 Å². The Bertz CT molecular complexity index is 421. The third-order valence-corrected chi connectivity index (χ3v) is 4.62. The van der Waals surface area contributed by atoms with Gasteiger partial charge in [0.05, 0.1) is 6.54 Å². The van der Waals surface area contributed by atoms with E-state index in [1.165, 1.54) is 13.3 Å². The lowest BCUT2D eigenvalue weighted by Crippen LogP contribution is -2.45. The summed E-state index contributed by atoms with van der Waals surface area (Å²) in [5, 5.41) is 11.4. The molecule has 2 N–H and O–H groups in total. The van der Waals surface area contributed by atoms with Gasteiger partial charge in [-0.2, -0.15) is 0 Å². The summed E-state index contributed by atoms with van der Waals surface area (Å²) in [5.74, 6) is -1.18. The summed E-state index contributed by atoms with van der Waals surface area (Å²) >= 11 is 0. The van der Waals surface area contributed by atoms with Gasteiger partial charge < -0.3 is 10.4 Å². The summed E-state index contributed by atoms with van der Waals surface area (Å²) < 4.78 is 0. The van der Waals surface area contributed by atoms with E-state index in [0.29, 0.717) is 23.4 Å². The van der Waals surface area contributed by atoms with E-state index in [-0.39, 0.29) is 5.91 Å². The van der Waals surface area contributed by atoms with Gasteiger partial charge >= 0.3 is 5.97 Å². The third kappa shape index (κ3) is 3.32. The first kappa shape index (κ1) is 15.3. The molecule has 1 saturated heterocycles. The number of rotatable bonds is 4. The van der Waals surface area contributed by atoms with Gasteiger partial charge in [0.25, 0.3) is 0 Å². The van der Waals surface area contributed by atoms with E-state index >= 15 is 0 Å². The molecule has 2 aliphatic rings. The fourth-order valence-corrected chi connectivity index (χ4v) is 4.29. The van der Waals surface area contributed by atoms with Crippen LogP contribution in [0.2, 0.25) is 0 Å². The van der Waals surface area contributed by atoms with Crippen LogP contribution < -0.4 is 5.32 Å². The molecule has 5 heteroatoms. The molecule has 1 aliphatic heterocycles. The number of carbonyl (C=O) groups excluding carboxylic acids is 1. The summed E-state index contributed by atoms with van der Waals surface area (Å²) in [6, 6.07) is -0.369. The Kier molecular flexibility index (Phi) is 3.84. The molecule has 1 aliphatic carbocycles. The van der Waals surface area contributed by atoms with Crippen LogP contribution in [0.1, 0.15) is 47.0 Å². The maximum absolute atomic E-state index is 12.0. The average Bonchev–Trinajstić information content (AvgIpc) is 2.46. The zero-order chi connectivity index (χ0) is 15.1. The minimum Gasteiger partial charge on any atom is -0.480 e. The summed E-state index contributed by atoms with van der Waals surface area (Å²) in [5.41, 5.74) is 0.627. The lowest BCUT2D eigenvalue weighted by atomic mass is 9.65. The van der Waals surface area contributed by atoms with Crippen LogP contribution in [0.15, 0.2) is 0 Å². The monoisotopic (exact) mass is 282 g/mol. The van der Waals surface area contributed by atoms with Crippen LogP contribution in [-0.4, -0.2) is 47.1 Å². The second kappa shape index (κ2) is 5.02. The van der Waals surface area contributed by atoms with Crippen LogP contribution in [0.3, 0.4) is 0 Å². The third-order valence-electron chi connectivity index (χ3n) is 4.62. The van der Waals surface area contributed by atoms with Gasteiger partial charge in [0, 0.05) is 12.6 Å². The Morgan fingerprint density at radius 2 is 2.00 bits per heavy atom. The molecular weight excluding hydrogens is 256 g/mol. The van der Waals surface area contributed by atoms with Crippen molar-refractivity contribution in [2.75, 3.05) is 13.1 Å². The molecule has 1 saturated carbocycles. The summed E-state index contributed by atoms with van der Waals surface area (Å²) in [6.07, 6.45) is 3.46. The smallest absolute Gasteiger partial charge is 0.325 e. The molecule has 1 amide bonds. The molecule has 2 rings (SSSR count). The molecule has 0 aromatic carbocycles. The van der Waals surface area contributed by atoms with E-state index in [2.05, 4.69) is 31.0 Å². The van der Waals surface area contributed by atoms with Crippen molar-refractivity contribution in [2.24, 2.45) is 10.8 Å². The van der Waals surface area contributed by atoms with E-state index in [9.17, 15) is 9.59 Å². The zero-order valence-electron chi connectivity index (χ0n) is 12.9. The number of carbonyl (C=O) groups is 2. The van der Waals surface area contributed by atoms with Crippen LogP contribution in [0.25, 0.3) is 0 Å². The van der Waals surface area contributed by atoms with Crippen molar-refractivity contribution in [2.45, 2.75) is 59.0 Å². The zero-order valence-corrected chi connectivity index (χ0v) is 12.9. The number of amides is 1. The van der Waals surface area contributed by atoms with Crippen molar-refractivity contribution in [3.8, 4) is 0 Å². The maximum Gasteiger partial charge on any atom is 0.325 e. The SMILES string of the molecule is CC(NC(=O)CN1CC2(C)CC1CC(C)(C)C2)C(=O)O. The van der Waals surface area contributed by atoms with Gasteiger partial charge in [-0.1, -0.05) is 20.8 Å². The first-order valence-electron chi connectivity index (χ1n) is 7.37. The highest BCUT2D eigenvalue weighted by Gasteiger charge is 2.49. The standard InChI is InChI=1S/C15H26N2O3/c1-10(13(19)20)16-12(18)7-17-9-15(4)6-11(17)5-14(2,3)8-15/h10-11H,5-9H2,1-4H3,(H,16,18)(H,19,20). The number of fused-ring (bicyclic) bond motifs is 2. The molecule has 2 fully saturated rings. The van der Waals surface area contributed by atoms with Crippen molar-refractivity contribution in [1.29, 1.82) is 0 Å². The molecule has 0 aromatic rings. The van der Waals surface area contributed by atoms with Gasteiger partial charge in [-0.25, -0.2) is 0 Å². The van der Waals surface area contributed by atoms with Gasteiger partial charge in [0.1, 0.15) is 6.04 Å². The number of nitrogens with zero attached hydrogens (tertiary/aromatic N) is 1. The Hall–Kier alpha value is -1.10. The number of aliphatic carboxylic acids is 1. The predicted molar refractivity (Wildman–Crippen MR) is 76.3 cm³/mol. The molecule has 5 nitrogen and oxygen atoms in total. The molecule has 1 heterocycles. The van der Waals surface area contributed by atoms with Crippen LogP contribution in [-0.2, 0) is 9.59 Å². The fraction of sp³-hybridized carbons (Fsp3) is 0.867. The van der Waals surface area contributed by atoms with E-state index in [1.807, 2.05) is 0 Å². The second-order valence-corrected chi connectivity index (χ2v) is 7.75. The summed E-state index contributed by atoms with van der Waals surface area (Å²) in [6.45, 7) is 9.65. The molecule has 3 atom stereocenters. The number of hydrogen-bond acceptors (Lipinski definition) is 3. The van der Waals surface area contributed by atoms with E-state index in [1.54, 1.807) is 0 Å². The van der Waals surface area contributed by atoms with Crippen molar-refractivity contribution in [3.63, 3.8) is 0 Å². The Labute approximate surface area is 120 Å².